The fraction of sp³-hybridized carbons (Fsp3) is 0. The van der Waals surface area contributed by atoms with E-state index in [1.54, 1.807) is 24.3 Å². The minimum atomic E-state index is -0.206. The number of benzene rings is 2. The number of hydrogen-bond donors (Lipinski definition) is 1. The second-order valence-corrected chi connectivity index (χ2v) is 6.76. The van der Waals surface area contributed by atoms with Crippen LogP contribution in [0.5, 0.6) is 0 Å². The third-order valence-electron chi connectivity index (χ3n) is 2.35. The first-order valence-corrected chi connectivity index (χ1v) is 7.94. The molecule has 0 fully saturated rings. The van der Waals surface area contributed by atoms with E-state index in [2.05, 4.69) is 53.1 Å². The Morgan fingerprint density at radius 3 is 2.42 bits per heavy atom. The van der Waals surface area contributed by atoms with Crippen LogP contribution in [0.2, 0.25) is 5.02 Å². The molecular weight excluding hydrogens is 461 g/mol. The van der Waals surface area contributed by atoms with E-state index in [0.717, 1.165) is 13.4 Å². The molecule has 19 heavy (non-hydrogen) atoms. The molecule has 2 aromatic rings. The van der Waals surface area contributed by atoms with Gasteiger partial charge in [-0.15, -0.1) is 0 Å². The van der Waals surface area contributed by atoms with E-state index in [1.807, 2.05) is 12.1 Å². The Balaban J connectivity index is 2.28. The molecule has 0 spiro atoms. The molecule has 1 amide bonds. The zero-order valence-electron chi connectivity index (χ0n) is 9.38. The summed E-state index contributed by atoms with van der Waals surface area (Å²) in [6.07, 6.45) is 0. The highest BCUT2D eigenvalue weighted by molar-refractivity contribution is 9.11. The fourth-order valence-electron chi connectivity index (χ4n) is 1.46. The zero-order chi connectivity index (χ0) is 14.0. The molecule has 2 nitrogen and oxygen atoms in total. The summed E-state index contributed by atoms with van der Waals surface area (Å²) in [4.78, 5) is 12.2. The maximum absolute atomic E-state index is 12.2. The third kappa shape index (κ3) is 3.81. The maximum atomic E-state index is 12.2. The van der Waals surface area contributed by atoms with Gasteiger partial charge in [0.05, 0.1) is 11.3 Å². The molecular formula is C13H7Br3ClNO. The summed E-state index contributed by atoms with van der Waals surface area (Å²) in [7, 11) is 0. The molecule has 0 atom stereocenters. The van der Waals surface area contributed by atoms with Gasteiger partial charge >= 0.3 is 0 Å². The number of hydrogen-bond acceptors (Lipinski definition) is 1. The number of carbonyl (C=O) groups is 1. The minimum Gasteiger partial charge on any atom is -0.321 e. The highest BCUT2D eigenvalue weighted by Crippen LogP contribution is 2.28. The molecule has 0 aliphatic heterocycles. The van der Waals surface area contributed by atoms with Gasteiger partial charge in [0.25, 0.3) is 5.91 Å². The van der Waals surface area contributed by atoms with Crippen LogP contribution in [-0.4, -0.2) is 5.91 Å². The zero-order valence-corrected chi connectivity index (χ0v) is 14.9. The molecule has 0 bridgehead atoms. The normalized spacial score (nSPS) is 10.3. The van der Waals surface area contributed by atoms with Gasteiger partial charge in [-0.1, -0.05) is 27.5 Å². The maximum Gasteiger partial charge on any atom is 0.256 e. The first-order valence-electron chi connectivity index (χ1n) is 5.19. The molecule has 0 saturated carbocycles. The SMILES string of the molecule is O=C(Nc1cc(Cl)ccc1Br)c1ccc(Br)cc1Br. The number of halogens is 4. The van der Waals surface area contributed by atoms with E-state index in [9.17, 15) is 4.79 Å². The molecule has 0 aromatic heterocycles. The third-order valence-corrected chi connectivity index (χ3v) is 4.43. The fourth-order valence-corrected chi connectivity index (χ4v) is 3.20. The standard InChI is InChI=1S/C13H7Br3ClNO/c14-7-1-3-9(11(16)5-7)13(19)18-12-6-8(17)2-4-10(12)15/h1-6H,(H,18,19). The summed E-state index contributed by atoms with van der Waals surface area (Å²) in [5.74, 6) is -0.206. The van der Waals surface area contributed by atoms with Crippen molar-refractivity contribution in [2.45, 2.75) is 0 Å². The van der Waals surface area contributed by atoms with Crippen molar-refractivity contribution in [2.24, 2.45) is 0 Å². The molecule has 2 aromatic carbocycles. The lowest BCUT2D eigenvalue weighted by Crippen LogP contribution is -2.12. The minimum absolute atomic E-state index is 0.206. The predicted molar refractivity (Wildman–Crippen MR) is 88.9 cm³/mol. The summed E-state index contributed by atoms with van der Waals surface area (Å²) < 4.78 is 2.40. The van der Waals surface area contributed by atoms with Crippen molar-refractivity contribution in [3.63, 3.8) is 0 Å². The molecule has 0 radical (unpaired) electrons. The van der Waals surface area contributed by atoms with Crippen molar-refractivity contribution in [2.75, 3.05) is 5.32 Å². The summed E-state index contributed by atoms with van der Waals surface area (Å²) in [6, 6.07) is 10.6. The molecule has 1 N–H and O–H groups in total. The second kappa shape index (κ2) is 6.39. The topological polar surface area (TPSA) is 29.1 Å². The lowest BCUT2D eigenvalue weighted by Gasteiger charge is -2.09. The predicted octanol–water partition coefficient (Wildman–Crippen LogP) is 5.88. The summed E-state index contributed by atoms with van der Waals surface area (Å²) in [5.41, 5.74) is 1.18. The van der Waals surface area contributed by atoms with Crippen molar-refractivity contribution >= 4 is 71.0 Å². The average molecular weight is 468 g/mol. The smallest absolute Gasteiger partial charge is 0.256 e. The van der Waals surface area contributed by atoms with Crippen molar-refractivity contribution in [1.29, 1.82) is 0 Å². The number of amides is 1. The van der Waals surface area contributed by atoms with Crippen molar-refractivity contribution in [3.05, 3.63) is 60.4 Å². The Morgan fingerprint density at radius 1 is 1.00 bits per heavy atom. The first-order chi connectivity index (χ1) is 8.97. The van der Waals surface area contributed by atoms with Crippen LogP contribution in [0.1, 0.15) is 10.4 Å². The molecule has 6 heteroatoms. The lowest BCUT2D eigenvalue weighted by molar-refractivity contribution is 0.102. The molecule has 98 valence electrons. The van der Waals surface area contributed by atoms with E-state index < -0.39 is 0 Å². The number of anilines is 1. The van der Waals surface area contributed by atoms with Gasteiger partial charge in [0, 0.05) is 18.4 Å². The number of nitrogens with one attached hydrogen (secondary N) is 1. The summed E-state index contributed by atoms with van der Waals surface area (Å²) >= 11 is 16.0. The molecule has 0 aliphatic rings. The molecule has 0 saturated heterocycles. The Hall–Kier alpha value is -0.360. The van der Waals surface area contributed by atoms with Crippen LogP contribution < -0.4 is 5.32 Å². The molecule has 2 rings (SSSR count). The van der Waals surface area contributed by atoms with Crippen LogP contribution in [0, 0.1) is 0 Å². The van der Waals surface area contributed by atoms with E-state index in [4.69, 9.17) is 11.6 Å². The quantitative estimate of drug-likeness (QED) is 0.586. The van der Waals surface area contributed by atoms with E-state index in [0.29, 0.717) is 16.3 Å². The second-order valence-electron chi connectivity index (χ2n) is 3.70. The van der Waals surface area contributed by atoms with Crippen LogP contribution in [-0.2, 0) is 0 Å². The van der Waals surface area contributed by atoms with Crippen molar-refractivity contribution in [3.8, 4) is 0 Å². The van der Waals surface area contributed by atoms with Gasteiger partial charge in [-0.2, -0.15) is 0 Å². The lowest BCUT2D eigenvalue weighted by atomic mass is 10.2. The first kappa shape index (κ1) is 15.0. The van der Waals surface area contributed by atoms with E-state index in [-0.39, 0.29) is 5.91 Å². The van der Waals surface area contributed by atoms with Crippen LogP contribution in [0.15, 0.2) is 49.8 Å². The Bertz CT molecular complexity index is 646. The highest BCUT2D eigenvalue weighted by atomic mass is 79.9. The van der Waals surface area contributed by atoms with Gasteiger partial charge in [-0.25, -0.2) is 0 Å². The van der Waals surface area contributed by atoms with Crippen molar-refractivity contribution < 1.29 is 4.79 Å². The van der Waals surface area contributed by atoms with E-state index in [1.165, 1.54) is 0 Å². The van der Waals surface area contributed by atoms with Gasteiger partial charge < -0.3 is 5.32 Å². The summed E-state index contributed by atoms with van der Waals surface area (Å²) in [5, 5.41) is 3.38. The van der Waals surface area contributed by atoms with Gasteiger partial charge in [0.15, 0.2) is 0 Å². The van der Waals surface area contributed by atoms with Crippen LogP contribution in [0.3, 0.4) is 0 Å². The Kier molecular flexibility index (Phi) is 5.06. The van der Waals surface area contributed by atoms with Crippen molar-refractivity contribution in [1.82, 2.24) is 0 Å². The number of carbonyl (C=O) groups excluding carboxylic acids is 1. The Labute approximate surface area is 140 Å². The number of rotatable bonds is 2. The molecule has 0 unspecified atom stereocenters. The van der Waals surface area contributed by atoms with Gasteiger partial charge in [0.2, 0.25) is 0 Å². The van der Waals surface area contributed by atoms with Crippen LogP contribution in [0.4, 0.5) is 5.69 Å². The molecule has 0 heterocycles. The highest BCUT2D eigenvalue weighted by Gasteiger charge is 2.12. The van der Waals surface area contributed by atoms with Crippen LogP contribution >= 0.6 is 59.4 Å². The monoisotopic (exact) mass is 465 g/mol. The summed E-state index contributed by atoms with van der Waals surface area (Å²) in [6.45, 7) is 0. The van der Waals surface area contributed by atoms with E-state index >= 15 is 0 Å². The van der Waals surface area contributed by atoms with Gasteiger partial charge in [-0.3, -0.25) is 4.79 Å². The Morgan fingerprint density at radius 2 is 1.74 bits per heavy atom. The average Bonchev–Trinajstić information content (AvgIpc) is 2.33. The molecule has 0 aliphatic carbocycles. The van der Waals surface area contributed by atoms with Gasteiger partial charge in [0.1, 0.15) is 0 Å². The largest absolute Gasteiger partial charge is 0.321 e. The van der Waals surface area contributed by atoms with Crippen LogP contribution in [0.25, 0.3) is 0 Å². The van der Waals surface area contributed by atoms with Gasteiger partial charge in [-0.05, 0) is 68.3 Å².